The van der Waals surface area contributed by atoms with E-state index in [2.05, 4.69) is 4.98 Å². The first-order valence-electron chi connectivity index (χ1n) is 6.06. The highest BCUT2D eigenvalue weighted by Crippen LogP contribution is 2.28. The SMILES string of the molecule is CC(N)c1ccnc(Sc2ccc(S(C)(=O)=O)cc2)c1. The van der Waals surface area contributed by atoms with E-state index in [-0.39, 0.29) is 6.04 Å². The fourth-order valence-corrected chi connectivity index (χ4v) is 3.09. The molecule has 2 aromatic rings. The molecule has 1 atom stereocenters. The lowest BCUT2D eigenvalue weighted by molar-refractivity contribution is 0.602. The Labute approximate surface area is 123 Å². The van der Waals surface area contributed by atoms with Gasteiger partial charge in [0.25, 0.3) is 0 Å². The van der Waals surface area contributed by atoms with E-state index in [4.69, 9.17) is 5.73 Å². The van der Waals surface area contributed by atoms with Gasteiger partial charge in [-0.15, -0.1) is 0 Å². The Kier molecular flexibility index (Phi) is 4.47. The van der Waals surface area contributed by atoms with Crippen LogP contribution in [0.4, 0.5) is 0 Å². The molecule has 0 saturated carbocycles. The third-order valence-corrected chi connectivity index (χ3v) is 4.83. The largest absolute Gasteiger partial charge is 0.324 e. The molecule has 0 bridgehead atoms. The molecule has 1 unspecified atom stereocenters. The van der Waals surface area contributed by atoms with Gasteiger partial charge in [0.1, 0.15) is 5.03 Å². The minimum Gasteiger partial charge on any atom is -0.324 e. The van der Waals surface area contributed by atoms with E-state index < -0.39 is 9.84 Å². The molecule has 106 valence electrons. The van der Waals surface area contributed by atoms with Crippen LogP contribution >= 0.6 is 11.8 Å². The summed E-state index contributed by atoms with van der Waals surface area (Å²) in [7, 11) is -3.15. The molecule has 1 aromatic heterocycles. The first-order chi connectivity index (χ1) is 9.36. The second-order valence-electron chi connectivity index (χ2n) is 4.56. The van der Waals surface area contributed by atoms with Crippen molar-refractivity contribution in [3.05, 3.63) is 48.2 Å². The Bertz CT molecular complexity index is 695. The predicted molar refractivity (Wildman–Crippen MR) is 80.5 cm³/mol. The molecule has 0 amide bonds. The van der Waals surface area contributed by atoms with Crippen LogP contribution in [0.15, 0.2) is 57.4 Å². The molecule has 2 N–H and O–H groups in total. The number of nitrogens with two attached hydrogens (primary N) is 1. The smallest absolute Gasteiger partial charge is 0.175 e. The van der Waals surface area contributed by atoms with Crippen LogP contribution in [-0.2, 0) is 9.84 Å². The normalized spacial score (nSPS) is 13.2. The standard InChI is InChI=1S/C14H16N2O2S2/c1-10(15)11-7-8-16-14(9-11)19-12-3-5-13(6-4-12)20(2,17)18/h3-10H,15H2,1-2H3. The van der Waals surface area contributed by atoms with E-state index in [1.807, 2.05) is 19.1 Å². The van der Waals surface area contributed by atoms with Crippen LogP contribution in [0.5, 0.6) is 0 Å². The maximum absolute atomic E-state index is 11.4. The molecule has 2 rings (SSSR count). The fraction of sp³-hybridized carbons (Fsp3) is 0.214. The molecule has 1 heterocycles. The van der Waals surface area contributed by atoms with Crippen molar-refractivity contribution in [1.29, 1.82) is 0 Å². The van der Waals surface area contributed by atoms with Crippen LogP contribution < -0.4 is 5.73 Å². The molecule has 0 aliphatic rings. The third-order valence-electron chi connectivity index (χ3n) is 2.76. The topological polar surface area (TPSA) is 73.0 Å². The molecule has 0 spiro atoms. The minimum absolute atomic E-state index is 0.0371. The van der Waals surface area contributed by atoms with Gasteiger partial charge in [0, 0.05) is 23.4 Å². The Balaban J connectivity index is 2.20. The van der Waals surface area contributed by atoms with Crippen molar-refractivity contribution in [1.82, 2.24) is 4.98 Å². The van der Waals surface area contributed by atoms with E-state index in [0.717, 1.165) is 15.5 Å². The average molecular weight is 308 g/mol. The van der Waals surface area contributed by atoms with E-state index in [1.165, 1.54) is 18.0 Å². The molecule has 0 saturated heterocycles. The van der Waals surface area contributed by atoms with Crippen LogP contribution in [-0.4, -0.2) is 19.7 Å². The number of sulfone groups is 1. The molecule has 0 fully saturated rings. The second-order valence-corrected chi connectivity index (χ2v) is 7.67. The zero-order chi connectivity index (χ0) is 14.8. The molecule has 1 aromatic carbocycles. The molecule has 0 aliphatic heterocycles. The molecule has 4 nitrogen and oxygen atoms in total. The molecular weight excluding hydrogens is 292 g/mol. The number of nitrogens with zero attached hydrogens (tertiary/aromatic N) is 1. The van der Waals surface area contributed by atoms with E-state index in [1.54, 1.807) is 30.5 Å². The number of aromatic nitrogens is 1. The van der Waals surface area contributed by atoms with Crippen LogP contribution in [0, 0.1) is 0 Å². The summed E-state index contributed by atoms with van der Waals surface area (Å²) in [5.41, 5.74) is 6.86. The highest BCUT2D eigenvalue weighted by molar-refractivity contribution is 7.99. The lowest BCUT2D eigenvalue weighted by atomic mass is 10.1. The molecule has 6 heteroatoms. The number of hydrogen-bond acceptors (Lipinski definition) is 5. The van der Waals surface area contributed by atoms with Gasteiger partial charge in [0.2, 0.25) is 0 Å². The van der Waals surface area contributed by atoms with Gasteiger partial charge >= 0.3 is 0 Å². The van der Waals surface area contributed by atoms with Crippen LogP contribution in [0.3, 0.4) is 0 Å². The molecule has 20 heavy (non-hydrogen) atoms. The summed E-state index contributed by atoms with van der Waals surface area (Å²) < 4.78 is 22.8. The van der Waals surface area contributed by atoms with Gasteiger partial charge in [0.15, 0.2) is 9.84 Å². The third kappa shape index (κ3) is 3.82. The Morgan fingerprint density at radius 1 is 1.20 bits per heavy atom. The summed E-state index contributed by atoms with van der Waals surface area (Å²) in [5.74, 6) is 0. The maximum Gasteiger partial charge on any atom is 0.175 e. The van der Waals surface area contributed by atoms with E-state index in [0.29, 0.717) is 4.90 Å². The summed E-state index contributed by atoms with van der Waals surface area (Å²) in [6, 6.07) is 10.6. The number of pyridine rings is 1. The van der Waals surface area contributed by atoms with Crippen LogP contribution in [0.1, 0.15) is 18.5 Å². The van der Waals surface area contributed by atoms with Gasteiger partial charge in [-0.2, -0.15) is 0 Å². The van der Waals surface area contributed by atoms with Crippen LogP contribution in [0.25, 0.3) is 0 Å². The predicted octanol–water partition coefficient (Wildman–Crippen LogP) is 2.66. The van der Waals surface area contributed by atoms with Gasteiger partial charge in [-0.3, -0.25) is 0 Å². The van der Waals surface area contributed by atoms with E-state index in [9.17, 15) is 8.42 Å². The van der Waals surface area contributed by atoms with Crippen LogP contribution in [0.2, 0.25) is 0 Å². The minimum atomic E-state index is -3.15. The van der Waals surface area contributed by atoms with Gasteiger partial charge < -0.3 is 5.73 Å². The fourth-order valence-electron chi connectivity index (χ4n) is 1.64. The Hall–Kier alpha value is -1.37. The van der Waals surface area contributed by atoms with Crippen molar-refractivity contribution in [2.45, 2.75) is 27.8 Å². The van der Waals surface area contributed by atoms with Crippen molar-refractivity contribution in [2.24, 2.45) is 5.73 Å². The Morgan fingerprint density at radius 2 is 1.85 bits per heavy atom. The highest BCUT2D eigenvalue weighted by Gasteiger charge is 2.07. The first-order valence-corrected chi connectivity index (χ1v) is 8.76. The lowest BCUT2D eigenvalue weighted by Gasteiger charge is -2.07. The van der Waals surface area contributed by atoms with Crippen molar-refractivity contribution in [3.8, 4) is 0 Å². The van der Waals surface area contributed by atoms with Crippen molar-refractivity contribution < 1.29 is 8.42 Å². The van der Waals surface area contributed by atoms with Gasteiger partial charge in [-0.05, 0) is 48.9 Å². The van der Waals surface area contributed by atoms with Gasteiger partial charge in [-0.1, -0.05) is 11.8 Å². The number of hydrogen-bond donors (Lipinski definition) is 1. The monoisotopic (exact) mass is 308 g/mol. The van der Waals surface area contributed by atoms with Crippen molar-refractivity contribution in [3.63, 3.8) is 0 Å². The molecule has 0 aliphatic carbocycles. The summed E-state index contributed by atoms with van der Waals surface area (Å²) in [6.45, 7) is 1.92. The zero-order valence-electron chi connectivity index (χ0n) is 11.3. The van der Waals surface area contributed by atoms with Gasteiger partial charge in [0.05, 0.1) is 4.90 Å². The number of benzene rings is 1. The average Bonchev–Trinajstić information content (AvgIpc) is 2.38. The van der Waals surface area contributed by atoms with E-state index >= 15 is 0 Å². The van der Waals surface area contributed by atoms with Crippen molar-refractivity contribution >= 4 is 21.6 Å². The Morgan fingerprint density at radius 3 is 2.40 bits per heavy atom. The summed E-state index contributed by atoms with van der Waals surface area (Å²) in [5, 5.41) is 0.840. The number of rotatable bonds is 4. The summed E-state index contributed by atoms with van der Waals surface area (Å²) >= 11 is 1.48. The quantitative estimate of drug-likeness (QED) is 0.940. The maximum atomic E-state index is 11.4. The van der Waals surface area contributed by atoms with Crippen molar-refractivity contribution in [2.75, 3.05) is 6.26 Å². The highest BCUT2D eigenvalue weighted by atomic mass is 32.2. The lowest BCUT2D eigenvalue weighted by Crippen LogP contribution is -2.04. The summed E-state index contributed by atoms with van der Waals surface area (Å²) in [6.07, 6.45) is 2.93. The molecular formula is C14H16N2O2S2. The second kappa shape index (κ2) is 5.95. The zero-order valence-corrected chi connectivity index (χ0v) is 12.9. The molecule has 0 radical (unpaired) electrons. The first kappa shape index (κ1) is 15.0. The summed E-state index contributed by atoms with van der Waals surface area (Å²) in [4.78, 5) is 5.53. The van der Waals surface area contributed by atoms with Gasteiger partial charge in [-0.25, -0.2) is 13.4 Å².